The van der Waals surface area contributed by atoms with Gasteiger partial charge in [-0.05, 0) is 50.3 Å². The number of likely N-dealkylation sites (N-methyl/N-ethyl adjacent to an activating group) is 1. The number of aliphatic hydroxyl groups excluding tert-OH is 1. The van der Waals surface area contributed by atoms with Crippen LogP contribution in [0.25, 0.3) is 11.0 Å². The SMILES string of the molecule is C=CCCC(=O)N(C)[C@@H](C)[C@@H](OC(=O)[C@@H]1[C@H]2O[C@@]3(CC2Br)[C@H](C(=O)N(CC=C)Cn2nnc4ccccc42)N(CCCCO)C(=O)[C@@H]13)c1ccccc1. The molecule has 3 saturated heterocycles. The van der Waals surface area contributed by atoms with Crippen LogP contribution in [0.3, 0.4) is 0 Å². The Bertz CT molecular complexity index is 1840. The number of aromatic nitrogens is 3. The molecule has 1 unspecified atom stereocenters. The molecule has 0 aliphatic carbocycles. The first-order chi connectivity index (χ1) is 25.6. The van der Waals surface area contributed by atoms with Gasteiger partial charge in [0.1, 0.15) is 29.9 Å². The number of unbranched alkanes of at least 4 members (excludes halogenated alkanes) is 1. The molecule has 282 valence electrons. The number of benzene rings is 2. The molecule has 8 atom stereocenters. The first kappa shape index (κ1) is 38.3. The molecule has 0 saturated carbocycles. The summed E-state index contributed by atoms with van der Waals surface area (Å²) in [4.78, 5) is 61.5. The highest BCUT2D eigenvalue weighted by atomic mass is 79.9. The predicted octanol–water partition coefficient (Wildman–Crippen LogP) is 4.02. The highest BCUT2D eigenvalue weighted by Crippen LogP contribution is 2.60. The van der Waals surface area contributed by atoms with E-state index in [0.29, 0.717) is 36.8 Å². The van der Waals surface area contributed by atoms with Gasteiger partial charge < -0.3 is 29.3 Å². The Kier molecular flexibility index (Phi) is 11.8. The lowest BCUT2D eigenvalue weighted by Crippen LogP contribution is -2.57. The van der Waals surface area contributed by atoms with Gasteiger partial charge in [0, 0.05) is 38.0 Å². The van der Waals surface area contributed by atoms with E-state index in [1.165, 1.54) is 4.90 Å². The third-order valence-electron chi connectivity index (χ3n) is 10.9. The number of nitrogens with zero attached hydrogens (tertiary/aromatic N) is 6. The van der Waals surface area contributed by atoms with Crippen LogP contribution >= 0.6 is 15.9 Å². The topological polar surface area (TPSA) is 147 Å². The van der Waals surface area contributed by atoms with Crippen molar-refractivity contribution in [3.63, 3.8) is 0 Å². The fourth-order valence-corrected chi connectivity index (χ4v) is 9.11. The molecular weight excluding hydrogens is 744 g/mol. The van der Waals surface area contributed by atoms with Gasteiger partial charge in [0.15, 0.2) is 0 Å². The quantitative estimate of drug-likeness (QED) is 0.0927. The molecule has 3 aromatic rings. The van der Waals surface area contributed by atoms with Crippen LogP contribution in [-0.4, -0.2) is 114 Å². The number of carbonyl (C=O) groups excluding carboxylic acids is 4. The molecule has 2 aromatic carbocycles. The van der Waals surface area contributed by atoms with Crippen molar-refractivity contribution in [1.82, 2.24) is 29.7 Å². The number of alkyl halides is 1. The number of esters is 1. The van der Waals surface area contributed by atoms with Gasteiger partial charge in [-0.3, -0.25) is 19.2 Å². The van der Waals surface area contributed by atoms with Gasteiger partial charge in [-0.25, -0.2) is 4.68 Å². The van der Waals surface area contributed by atoms with Crippen LogP contribution in [0.4, 0.5) is 0 Å². The molecule has 3 amide bonds. The summed E-state index contributed by atoms with van der Waals surface area (Å²) in [5.74, 6) is -3.50. The Hall–Kier alpha value is -4.40. The van der Waals surface area contributed by atoms with E-state index in [-0.39, 0.29) is 55.3 Å². The largest absolute Gasteiger partial charge is 0.455 e. The number of halogens is 1. The number of aliphatic hydroxyl groups is 1. The lowest BCUT2D eigenvalue weighted by atomic mass is 9.70. The minimum Gasteiger partial charge on any atom is -0.455 e. The lowest BCUT2D eigenvalue weighted by Gasteiger charge is -2.37. The first-order valence-electron chi connectivity index (χ1n) is 18.1. The number of likely N-dealkylation sites (tertiary alicyclic amines) is 1. The Morgan fingerprint density at radius 2 is 1.87 bits per heavy atom. The van der Waals surface area contributed by atoms with Gasteiger partial charge in [0.2, 0.25) is 17.7 Å². The van der Waals surface area contributed by atoms with Crippen LogP contribution in [0.1, 0.15) is 50.7 Å². The zero-order chi connectivity index (χ0) is 37.9. The molecule has 1 aromatic heterocycles. The van der Waals surface area contributed by atoms with E-state index >= 15 is 0 Å². The van der Waals surface area contributed by atoms with E-state index in [0.717, 1.165) is 5.52 Å². The van der Waals surface area contributed by atoms with Gasteiger partial charge in [-0.15, -0.1) is 18.3 Å². The third-order valence-corrected chi connectivity index (χ3v) is 11.7. The van der Waals surface area contributed by atoms with Gasteiger partial charge in [-0.1, -0.05) is 75.8 Å². The van der Waals surface area contributed by atoms with Gasteiger partial charge in [0.25, 0.3) is 0 Å². The second-order valence-corrected chi connectivity index (χ2v) is 15.2. The highest BCUT2D eigenvalue weighted by molar-refractivity contribution is 9.09. The van der Waals surface area contributed by atoms with Crippen molar-refractivity contribution in [2.75, 3.05) is 26.7 Å². The molecule has 53 heavy (non-hydrogen) atoms. The van der Waals surface area contributed by atoms with Crippen molar-refractivity contribution >= 4 is 50.7 Å². The number of amides is 3. The third kappa shape index (κ3) is 7.16. The maximum Gasteiger partial charge on any atom is 0.313 e. The van der Waals surface area contributed by atoms with Crippen molar-refractivity contribution in [1.29, 1.82) is 0 Å². The number of hydrogen-bond acceptors (Lipinski definition) is 9. The number of carbonyl (C=O) groups is 4. The molecule has 1 spiro atoms. The van der Waals surface area contributed by atoms with Crippen LogP contribution in [-0.2, 0) is 35.3 Å². The Labute approximate surface area is 317 Å². The minimum absolute atomic E-state index is 0.0452. The van der Waals surface area contributed by atoms with E-state index in [9.17, 15) is 24.3 Å². The van der Waals surface area contributed by atoms with E-state index in [1.807, 2.05) is 61.5 Å². The molecule has 13 nitrogen and oxygen atoms in total. The normalized spacial score (nSPS) is 25.5. The highest BCUT2D eigenvalue weighted by Gasteiger charge is 2.77. The number of hydrogen-bond donors (Lipinski definition) is 1. The summed E-state index contributed by atoms with van der Waals surface area (Å²) < 4.78 is 14.7. The van der Waals surface area contributed by atoms with Gasteiger partial charge in [0.05, 0.1) is 29.5 Å². The second kappa shape index (κ2) is 16.3. The summed E-state index contributed by atoms with van der Waals surface area (Å²) in [7, 11) is 1.68. The van der Waals surface area contributed by atoms with Crippen molar-refractivity contribution in [2.24, 2.45) is 11.8 Å². The summed E-state index contributed by atoms with van der Waals surface area (Å²) in [5.41, 5.74) is 0.785. The van der Waals surface area contributed by atoms with E-state index in [1.54, 1.807) is 33.7 Å². The van der Waals surface area contributed by atoms with Crippen LogP contribution in [0.15, 0.2) is 79.9 Å². The second-order valence-electron chi connectivity index (χ2n) is 14.0. The molecule has 3 aliphatic rings. The fraction of sp³-hybridized carbons (Fsp3) is 0.487. The first-order valence-corrected chi connectivity index (χ1v) is 19.0. The van der Waals surface area contributed by atoms with Crippen molar-refractivity contribution in [3.8, 4) is 0 Å². The molecule has 3 fully saturated rings. The van der Waals surface area contributed by atoms with Crippen LogP contribution in [0.2, 0.25) is 0 Å². The molecule has 14 heteroatoms. The van der Waals surface area contributed by atoms with Crippen LogP contribution in [0, 0.1) is 11.8 Å². The van der Waals surface area contributed by atoms with Gasteiger partial charge >= 0.3 is 5.97 Å². The molecular formula is C39H47BrN6O7. The molecule has 4 heterocycles. The Morgan fingerprint density at radius 1 is 1.13 bits per heavy atom. The van der Waals surface area contributed by atoms with Crippen LogP contribution < -0.4 is 0 Å². The van der Waals surface area contributed by atoms with Gasteiger partial charge in [-0.2, -0.15) is 0 Å². The summed E-state index contributed by atoms with van der Waals surface area (Å²) >= 11 is 3.75. The van der Waals surface area contributed by atoms with Crippen molar-refractivity contribution in [3.05, 3.63) is 85.5 Å². The fourth-order valence-electron chi connectivity index (χ4n) is 8.17. The van der Waals surface area contributed by atoms with Crippen molar-refractivity contribution in [2.45, 2.75) is 80.4 Å². The maximum atomic E-state index is 14.9. The minimum atomic E-state index is -1.33. The number of fused-ring (bicyclic) bond motifs is 2. The summed E-state index contributed by atoms with van der Waals surface area (Å²) in [6.45, 7) is 9.74. The molecule has 1 N–H and O–H groups in total. The zero-order valence-corrected chi connectivity index (χ0v) is 31.7. The average Bonchev–Trinajstić information content (AvgIpc) is 3.89. The smallest absolute Gasteiger partial charge is 0.313 e. The number of ether oxygens (including phenoxy) is 2. The average molecular weight is 792 g/mol. The number of allylic oxidation sites excluding steroid dienone is 1. The van der Waals surface area contributed by atoms with E-state index in [4.69, 9.17) is 9.47 Å². The Balaban J connectivity index is 1.33. The standard InChI is InChI=1S/C39H47BrN6O7/c1-5-7-19-30(48)43(4)25(3)33(26-15-9-8-10-16-26)52-38(51)31-32-36(49)45(21-13-14-22-47)35(39(32)23-27(40)34(31)53-39)37(50)44(20-6-2)24-46-29-18-12-11-17-28(29)41-42-46/h5-6,8-12,15-18,25,27,31-35,47H,1-2,7,13-14,19-24H2,3-4H3/t25-,27?,31-,32+,33+,34-,35-,39+/m0/s1. The van der Waals surface area contributed by atoms with E-state index in [2.05, 4.69) is 39.4 Å². The van der Waals surface area contributed by atoms with Crippen molar-refractivity contribution < 1.29 is 33.8 Å². The Morgan fingerprint density at radius 3 is 2.58 bits per heavy atom. The summed E-state index contributed by atoms with van der Waals surface area (Å²) in [6, 6.07) is 15.0. The summed E-state index contributed by atoms with van der Waals surface area (Å²) in [5, 5.41) is 18.1. The number of rotatable bonds is 17. The lowest BCUT2D eigenvalue weighted by molar-refractivity contribution is -0.164. The summed E-state index contributed by atoms with van der Waals surface area (Å²) in [6.07, 6.45) is 3.68. The number of para-hydroxylation sites is 1. The molecule has 6 rings (SSSR count). The molecule has 3 aliphatic heterocycles. The monoisotopic (exact) mass is 790 g/mol. The molecule has 0 radical (unpaired) electrons. The molecule has 2 bridgehead atoms. The maximum absolute atomic E-state index is 14.9. The van der Waals surface area contributed by atoms with E-state index < -0.39 is 47.7 Å². The predicted molar refractivity (Wildman–Crippen MR) is 200 cm³/mol. The zero-order valence-electron chi connectivity index (χ0n) is 30.1. The van der Waals surface area contributed by atoms with Crippen LogP contribution in [0.5, 0.6) is 0 Å².